The molecule has 3 nitrogen and oxygen atoms in total. The first-order chi connectivity index (χ1) is 8.33. The van der Waals surface area contributed by atoms with E-state index in [2.05, 4.69) is 35.4 Å². The molecule has 0 bridgehead atoms. The Morgan fingerprint density at radius 1 is 1.24 bits per heavy atom. The van der Waals surface area contributed by atoms with E-state index in [9.17, 15) is 0 Å². The fourth-order valence-electron chi connectivity index (χ4n) is 1.82. The van der Waals surface area contributed by atoms with Gasteiger partial charge in [0.25, 0.3) is 0 Å². The van der Waals surface area contributed by atoms with Crippen LogP contribution in [-0.4, -0.2) is 18.1 Å². The number of benzene rings is 1. The maximum Gasteiger partial charge on any atom is 0.169 e. The van der Waals surface area contributed by atoms with Crippen molar-refractivity contribution in [2.75, 3.05) is 18.5 Å². The molecule has 0 radical (unpaired) electrons. The molecule has 1 aliphatic heterocycles. The van der Waals surface area contributed by atoms with Gasteiger partial charge < -0.3 is 10.1 Å². The molecule has 1 N–H and O–H groups in total. The number of nitrogens with zero attached hydrogens (tertiary/aromatic N) is 1. The van der Waals surface area contributed by atoms with Gasteiger partial charge in [-0.15, -0.1) is 0 Å². The highest BCUT2D eigenvalue weighted by atomic mass is 16.5. The summed E-state index contributed by atoms with van der Waals surface area (Å²) in [5, 5.41) is 4.37. The highest BCUT2D eigenvalue weighted by Crippen LogP contribution is 2.29. The molecule has 17 heavy (non-hydrogen) atoms. The summed E-state index contributed by atoms with van der Waals surface area (Å²) in [5.74, 6) is 1.72. The summed E-state index contributed by atoms with van der Waals surface area (Å²) < 4.78 is 5.54. The molecule has 0 aliphatic carbocycles. The van der Waals surface area contributed by atoms with Crippen LogP contribution in [0.25, 0.3) is 10.9 Å². The van der Waals surface area contributed by atoms with Crippen LogP contribution in [0.2, 0.25) is 0 Å². The lowest BCUT2D eigenvalue weighted by molar-refractivity contribution is 0.322. The van der Waals surface area contributed by atoms with Gasteiger partial charge in [-0.3, -0.25) is 0 Å². The predicted octanol–water partition coefficient (Wildman–Crippen LogP) is 3.37. The summed E-state index contributed by atoms with van der Waals surface area (Å²) in [6.07, 6.45) is 0. The van der Waals surface area contributed by atoms with E-state index < -0.39 is 0 Å². The summed E-state index contributed by atoms with van der Waals surface area (Å²) >= 11 is 0. The minimum Gasteiger partial charge on any atom is -0.488 e. The number of aromatic nitrogens is 1. The van der Waals surface area contributed by atoms with Crippen molar-refractivity contribution in [3.8, 4) is 5.75 Å². The van der Waals surface area contributed by atoms with Crippen molar-refractivity contribution < 1.29 is 4.74 Å². The molecule has 3 rings (SSSR count). The Morgan fingerprint density at radius 3 is 2.88 bits per heavy atom. The van der Waals surface area contributed by atoms with Gasteiger partial charge in [-0.2, -0.15) is 0 Å². The smallest absolute Gasteiger partial charge is 0.169 e. The minimum atomic E-state index is 0.714. The first kappa shape index (κ1) is 11.7. The largest absolute Gasteiger partial charge is 0.488 e. The Morgan fingerprint density at radius 2 is 2.06 bits per heavy atom. The second-order valence-electron chi connectivity index (χ2n) is 3.81. The third-order valence-corrected chi connectivity index (χ3v) is 2.59. The Labute approximate surface area is 102 Å². The summed E-state index contributed by atoms with van der Waals surface area (Å²) in [6, 6.07) is 8.30. The van der Waals surface area contributed by atoms with Crippen molar-refractivity contribution in [2.24, 2.45) is 0 Å². The van der Waals surface area contributed by atoms with Gasteiger partial charge in [-0.05, 0) is 24.6 Å². The fraction of sp³-hybridized carbons (Fsp3) is 0.357. The molecule has 1 aliphatic rings. The number of pyridine rings is 1. The van der Waals surface area contributed by atoms with Gasteiger partial charge in [-0.1, -0.05) is 26.0 Å². The molecular weight excluding hydrogens is 212 g/mol. The number of hydrogen-bond donors (Lipinski definition) is 1. The number of fused-ring (bicyclic) bond motifs is 2. The average molecular weight is 230 g/mol. The number of aryl methyl sites for hydroxylation is 1. The number of anilines is 1. The van der Waals surface area contributed by atoms with Gasteiger partial charge in [0, 0.05) is 5.39 Å². The zero-order chi connectivity index (χ0) is 12.3. The molecular formula is C14H18N2O. The van der Waals surface area contributed by atoms with Crippen LogP contribution < -0.4 is 10.1 Å². The van der Waals surface area contributed by atoms with E-state index in [-0.39, 0.29) is 0 Å². The van der Waals surface area contributed by atoms with Crippen molar-refractivity contribution in [3.63, 3.8) is 0 Å². The van der Waals surface area contributed by atoms with Crippen molar-refractivity contribution in [3.05, 3.63) is 29.8 Å². The van der Waals surface area contributed by atoms with Gasteiger partial charge in [-0.25, -0.2) is 4.98 Å². The second kappa shape index (κ2) is 5.04. The standard InChI is InChI=1S/C12H12N2O.C2H6/c1-8-2-3-9-7-11-12(13-4-5-15-11)14-10(9)6-8;1-2/h2-3,6-7H,4-5H2,1H3,(H,13,14);1-2H3. The first-order valence-corrected chi connectivity index (χ1v) is 6.11. The highest BCUT2D eigenvalue weighted by molar-refractivity contribution is 5.83. The van der Waals surface area contributed by atoms with Gasteiger partial charge in [0.2, 0.25) is 0 Å². The highest BCUT2D eigenvalue weighted by Gasteiger charge is 2.11. The molecule has 0 saturated heterocycles. The van der Waals surface area contributed by atoms with E-state index >= 15 is 0 Å². The van der Waals surface area contributed by atoms with Crippen molar-refractivity contribution in [1.82, 2.24) is 4.98 Å². The molecule has 1 aromatic carbocycles. The molecule has 2 aromatic rings. The summed E-state index contributed by atoms with van der Waals surface area (Å²) in [4.78, 5) is 4.54. The van der Waals surface area contributed by atoms with E-state index in [1.807, 2.05) is 19.9 Å². The van der Waals surface area contributed by atoms with Crippen LogP contribution in [0.4, 0.5) is 5.82 Å². The molecule has 1 aromatic heterocycles. The normalized spacial score (nSPS) is 12.9. The second-order valence-corrected chi connectivity index (χ2v) is 3.81. The maximum atomic E-state index is 5.54. The van der Waals surface area contributed by atoms with E-state index in [1.165, 1.54) is 5.56 Å². The van der Waals surface area contributed by atoms with Crippen LogP contribution in [0.3, 0.4) is 0 Å². The van der Waals surface area contributed by atoms with Crippen LogP contribution in [-0.2, 0) is 0 Å². The van der Waals surface area contributed by atoms with Crippen molar-refractivity contribution in [2.45, 2.75) is 20.8 Å². The lowest BCUT2D eigenvalue weighted by atomic mass is 10.1. The monoisotopic (exact) mass is 230 g/mol. The third kappa shape index (κ3) is 2.33. The molecule has 0 spiro atoms. The fourth-order valence-corrected chi connectivity index (χ4v) is 1.82. The molecule has 3 heteroatoms. The van der Waals surface area contributed by atoms with Gasteiger partial charge >= 0.3 is 0 Å². The van der Waals surface area contributed by atoms with E-state index in [0.717, 1.165) is 29.0 Å². The van der Waals surface area contributed by atoms with Gasteiger partial charge in [0.05, 0.1) is 12.1 Å². The topological polar surface area (TPSA) is 34.2 Å². The van der Waals surface area contributed by atoms with Gasteiger partial charge in [0.1, 0.15) is 6.61 Å². The molecule has 0 atom stereocenters. The van der Waals surface area contributed by atoms with Crippen LogP contribution >= 0.6 is 0 Å². The van der Waals surface area contributed by atoms with E-state index in [4.69, 9.17) is 4.74 Å². The summed E-state index contributed by atoms with van der Waals surface area (Å²) in [7, 11) is 0. The zero-order valence-electron chi connectivity index (χ0n) is 10.6. The zero-order valence-corrected chi connectivity index (χ0v) is 10.6. The molecule has 0 amide bonds. The predicted molar refractivity (Wildman–Crippen MR) is 71.8 cm³/mol. The lowest BCUT2D eigenvalue weighted by Crippen LogP contribution is -2.18. The lowest BCUT2D eigenvalue weighted by Gasteiger charge is -2.18. The number of nitrogens with one attached hydrogen (secondary N) is 1. The number of rotatable bonds is 0. The molecule has 0 fully saturated rings. The Hall–Kier alpha value is -1.77. The quantitative estimate of drug-likeness (QED) is 0.753. The van der Waals surface area contributed by atoms with Gasteiger partial charge in [0.15, 0.2) is 11.6 Å². The Bertz CT molecular complexity index is 523. The molecule has 0 saturated carbocycles. The number of ether oxygens (including phenoxy) is 1. The maximum absolute atomic E-state index is 5.54. The van der Waals surface area contributed by atoms with Crippen LogP contribution in [0, 0.1) is 6.92 Å². The van der Waals surface area contributed by atoms with Crippen LogP contribution in [0.1, 0.15) is 19.4 Å². The first-order valence-electron chi connectivity index (χ1n) is 6.11. The van der Waals surface area contributed by atoms with Crippen LogP contribution in [0.5, 0.6) is 5.75 Å². The Balaban J connectivity index is 0.000000514. The average Bonchev–Trinajstić information content (AvgIpc) is 2.38. The minimum absolute atomic E-state index is 0.714. The van der Waals surface area contributed by atoms with Crippen LogP contribution in [0.15, 0.2) is 24.3 Å². The SMILES string of the molecule is CC.Cc1ccc2cc3c(nc2c1)NCCO3. The van der Waals surface area contributed by atoms with Crippen molar-refractivity contribution >= 4 is 16.7 Å². The summed E-state index contributed by atoms with van der Waals surface area (Å²) in [6.45, 7) is 7.62. The molecule has 0 unspecified atom stereocenters. The Kier molecular flexibility index (Phi) is 3.47. The third-order valence-electron chi connectivity index (χ3n) is 2.59. The molecule has 2 heterocycles. The molecule has 90 valence electrons. The van der Waals surface area contributed by atoms with E-state index in [1.54, 1.807) is 0 Å². The van der Waals surface area contributed by atoms with E-state index in [0.29, 0.717) is 6.61 Å². The van der Waals surface area contributed by atoms with Crippen molar-refractivity contribution in [1.29, 1.82) is 0 Å². The summed E-state index contributed by atoms with van der Waals surface area (Å²) in [5.41, 5.74) is 2.25. The number of hydrogen-bond acceptors (Lipinski definition) is 3.